The first-order valence-electron chi connectivity index (χ1n) is 8.46. The molecule has 2 aromatic carbocycles. The zero-order chi connectivity index (χ0) is 18.8. The molecule has 0 unspecified atom stereocenters. The molecule has 0 atom stereocenters. The third-order valence-corrected chi connectivity index (χ3v) is 5.26. The van der Waals surface area contributed by atoms with Crippen LogP contribution >= 0.6 is 11.8 Å². The van der Waals surface area contributed by atoms with Crippen LogP contribution in [0.25, 0.3) is 11.3 Å². The average Bonchev–Trinajstić information content (AvgIpc) is 3.13. The quantitative estimate of drug-likeness (QED) is 0.677. The number of hydrogen-bond donors (Lipinski definition) is 1. The topological polar surface area (TPSA) is 81.4 Å². The van der Waals surface area contributed by atoms with Crippen molar-refractivity contribution >= 4 is 29.3 Å². The maximum atomic E-state index is 12.6. The van der Waals surface area contributed by atoms with Crippen LogP contribution in [0.5, 0.6) is 0 Å². The normalized spacial score (nSPS) is 12.0. The Morgan fingerprint density at radius 3 is 2.74 bits per heavy atom. The van der Waals surface area contributed by atoms with E-state index in [1.54, 1.807) is 43.0 Å². The maximum Gasteiger partial charge on any atom is 0.338 e. The zero-order valence-corrected chi connectivity index (χ0v) is 15.3. The molecule has 3 aromatic rings. The molecule has 2 heterocycles. The lowest BCUT2D eigenvalue weighted by molar-refractivity contribution is 0.0526. The van der Waals surface area contributed by atoms with Crippen molar-refractivity contribution in [3.8, 4) is 11.3 Å². The number of thioether (sulfide) groups is 1. The van der Waals surface area contributed by atoms with Gasteiger partial charge in [0.15, 0.2) is 11.5 Å². The minimum atomic E-state index is -0.392. The first-order valence-corrected chi connectivity index (χ1v) is 9.45. The molecule has 0 saturated carbocycles. The van der Waals surface area contributed by atoms with E-state index in [9.17, 15) is 9.59 Å². The van der Waals surface area contributed by atoms with Crippen molar-refractivity contribution in [2.24, 2.45) is 0 Å². The summed E-state index contributed by atoms with van der Waals surface area (Å²) in [5.74, 6) is 0.535. The van der Waals surface area contributed by atoms with Gasteiger partial charge in [0.25, 0.3) is 5.91 Å². The Morgan fingerprint density at radius 1 is 1.19 bits per heavy atom. The SMILES string of the molecule is CCOC(=O)c1ccc(NC(=O)c2noc3c2CSc2ccccc2-3)cc1. The fraction of sp³-hybridized carbons (Fsp3) is 0.150. The van der Waals surface area contributed by atoms with Crippen LogP contribution in [0, 0.1) is 0 Å². The molecule has 1 aliphatic heterocycles. The molecule has 0 spiro atoms. The number of benzene rings is 2. The molecule has 27 heavy (non-hydrogen) atoms. The summed E-state index contributed by atoms with van der Waals surface area (Å²) in [5.41, 5.74) is 3.02. The second-order valence-corrected chi connectivity index (χ2v) is 6.89. The molecule has 6 nitrogen and oxygen atoms in total. The van der Waals surface area contributed by atoms with Gasteiger partial charge < -0.3 is 14.6 Å². The van der Waals surface area contributed by atoms with Gasteiger partial charge in [-0.3, -0.25) is 4.79 Å². The summed E-state index contributed by atoms with van der Waals surface area (Å²) in [7, 11) is 0. The Bertz CT molecular complexity index is 1010. The molecule has 1 aliphatic rings. The summed E-state index contributed by atoms with van der Waals surface area (Å²) in [6, 6.07) is 14.4. The first kappa shape index (κ1) is 17.4. The van der Waals surface area contributed by atoms with E-state index in [0.717, 1.165) is 16.0 Å². The Labute approximate surface area is 159 Å². The Kier molecular flexibility index (Phi) is 4.68. The van der Waals surface area contributed by atoms with Gasteiger partial charge in [0.2, 0.25) is 0 Å². The molecule has 7 heteroatoms. The Morgan fingerprint density at radius 2 is 1.96 bits per heavy atom. The second kappa shape index (κ2) is 7.28. The van der Waals surface area contributed by atoms with Gasteiger partial charge in [-0.15, -0.1) is 11.8 Å². The van der Waals surface area contributed by atoms with Gasteiger partial charge in [0.1, 0.15) is 0 Å². The highest BCUT2D eigenvalue weighted by Gasteiger charge is 2.27. The largest absolute Gasteiger partial charge is 0.462 e. The van der Waals surface area contributed by atoms with E-state index in [0.29, 0.717) is 29.4 Å². The molecule has 0 fully saturated rings. The van der Waals surface area contributed by atoms with Crippen LogP contribution in [0.2, 0.25) is 0 Å². The van der Waals surface area contributed by atoms with Crippen molar-refractivity contribution < 1.29 is 18.8 Å². The van der Waals surface area contributed by atoms with Crippen molar-refractivity contribution in [1.82, 2.24) is 5.16 Å². The van der Waals surface area contributed by atoms with Gasteiger partial charge in [0, 0.05) is 27.5 Å². The number of hydrogen-bond acceptors (Lipinski definition) is 6. The van der Waals surface area contributed by atoms with Gasteiger partial charge >= 0.3 is 5.97 Å². The molecule has 0 bridgehead atoms. The maximum absolute atomic E-state index is 12.6. The van der Waals surface area contributed by atoms with Crippen LogP contribution in [0.15, 0.2) is 57.9 Å². The summed E-state index contributed by atoms with van der Waals surface area (Å²) in [6.45, 7) is 2.07. The number of anilines is 1. The van der Waals surface area contributed by atoms with E-state index >= 15 is 0 Å². The Balaban J connectivity index is 1.54. The van der Waals surface area contributed by atoms with E-state index in [4.69, 9.17) is 9.26 Å². The molecule has 1 amide bonds. The first-order chi connectivity index (χ1) is 13.2. The highest BCUT2D eigenvalue weighted by molar-refractivity contribution is 7.98. The molecule has 0 radical (unpaired) electrons. The number of carbonyl (C=O) groups excluding carboxylic acids is 2. The molecule has 1 N–H and O–H groups in total. The predicted molar refractivity (Wildman–Crippen MR) is 102 cm³/mol. The highest BCUT2D eigenvalue weighted by atomic mass is 32.2. The van der Waals surface area contributed by atoms with Gasteiger partial charge in [-0.05, 0) is 43.3 Å². The molecular formula is C20H16N2O4S. The monoisotopic (exact) mass is 380 g/mol. The Hall–Kier alpha value is -3.06. The molecule has 0 saturated heterocycles. The molecule has 1 aromatic heterocycles. The van der Waals surface area contributed by atoms with E-state index < -0.39 is 5.97 Å². The number of rotatable bonds is 4. The zero-order valence-electron chi connectivity index (χ0n) is 14.5. The number of amides is 1. The van der Waals surface area contributed by atoms with Crippen LogP contribution in [0.3, 0.4) is 0 Å². The number of nitrogens with one attached hydrogen (secondary N) is 1. The van der Waals surface area contributed by atoms with Gasteiger partial charge in [-0.1, -0.05) is 17.3 Å². The van der Waals surface area contributed by atoms with Gasteiger partial charge in [0.05, 0.1) is 12.2 Å². The second-order valence-electron chi connectivity index (χ2n) is 5.88. The summed E-state index contributed by atoms with van der Waals surface area (Å²) in [6.07, 6.45) is 0. The van der Waals surface area contributed by atoms with Gasteiger partial charge in [-0.2, -0.15) is 0 Å². The number of esters is 1. The van der Waals surface area contributed by atoms with Gasteiger partial charge in [-0.25, -0.2) is 4.79 Å². The summed E-state index contributed by atoms with van der Waals surface area (Å²) in [4.78, 5) is 25.5. The van der Waals surface area contributed by atoms with Crippen LogP contribution in [-0.2, 0) is 10.5 Å². The summed E-state index contributed by atoms with van der Waals surface area (Å²) < 4.78 is 10.4. The summed E-state index contributed by atoms with van der Waals surface area (Å²) >= 11 is 1.65. The lowest BCUT2D eigenvalue weighted by Crippen LogP contribution is -2.15. The minimum absolute atomic E-state index is 0.279. The van der Waals surface area contributed by atoms with Crippen LogP contribution < -0.4 is 5.32 Å². The molecule has 0 aliphatic carbocycles. The average molecular weight is 380 g/mol. The van der Waals surface area contributed by atoms with Crippen molar-refractivity contribution in [3.05, 3.63) is 65.4 Å². The van der Waals surface area contributed by atoms with Crippen molar-refractivity contribution in [1.29, 1.82) is 0 Å². The number of ether oxygens (including phenoxy) is 1. The minimum Gasteiger partial charge on any atom is -0.462 e. The lowest BCUT2D eigenvalue weighted by atomic mass is 10.1. The molecule has 136 valence electrons. The smallest absolute Gasteiger partial charge is 0.338 e. The van der Waals surface area contributed by atoms with Crippen LogP contribution in [0.1, 0.15) is 33.3 Å². The van der Waals surface area contributed by atoms with Crippen LogP contribution in [0.4, 0.5) is 5.69 Å². The number of aromatic nitrogens is 1. The summed E-state index contributed by atoms with van der Waals surface area (Å²) in [5, 5.41) is 6.78. The predicted octanol–water partition coefficient (Wildman–Crippen LogP) is 4.38. The standard InChI is InChI=1S/C20H16N2O4S/c1-2-25-20(24)12-7-9-13(10-8-12)21-19(23)17-15-11-27-16-6-4-3-5-14(16)18(15)26-22-17/h3-10H,2,11H2,1H3,(H,21,23). The third-order valence-electron chi connectivity index (χ3n) is 4.16. The number of nitrogens with zero attached hydrogens (tertiary/aromatic N) is 1. The molecule has 4 rings (SSSR count). The fourth-order valence-corrected chi connectivity index (χ4v) is 3.92. The van der Waals surface area contributed by atoms with E-state index in [1.165, 1.54) is 0 Å². The van der Waals surface area contributed by atoms with E-state index in [-0.39, 0.29) is 11.6 Å². The third kappa shape index (κ3) is 3.33. The lowest BCUT2D eigenvalue weighted by Gasteiger charge is -2.13. The highest BCUT2D eigenvalue weighted by Crippen LogP contribution is 2.42. The van der Waals surface area contributed by atoms with E-state index in [2.05, 4.69) is 10.5 Å². The number of carbonyl (C=O) groups is 2. The van der Waals surface area contributed by atoms with Crippen molar-refractivity contribution in [2.75, 3.05) is 11.9 Å². The van der Waals surface area contributed by atoms with E-state index in [1.807, 2.05) is 24.3 Å². The van der Waals surface area contributed by atoms with Crippen molar-refractivity contribution in [3.63, 3.8) is 0 Å². The number of fused-ring (bicyclic) bond motifs is 3. The van der Waals surface area contributed by atoms with Crippen molar-refractivity contribution in [2.45, 2.75) is 17.6 Å². The molecular weight excluding hydrogens is 364 g/mol. The van der Waals surface area contributed by atoms with Crippen LogP contribution in [-0.4, -0.2) is 23.6 Å². The fourth-order valence-electron chi connectivity index (χ4n) is 2.86.